The Morgan fingerprint density at radius 3 is 1.55 bits per heavy atom. The van der Waals surface area contributed by atoms with Crippen LogP contribution in [0.25, 0.3) is 0 Å². The summed E-state index contributed by atoms with van der Waals surface area (Å²) in [5.74, 6) is 2.56. The van der Waals surface area contributed by atoms with Crippen LogP contribution in [0.4, 0.5) is 0 Å². The second-order valence-corrected chi connectivity index (χ2v) is 16.2. The van der Waals surface area contributed by atoms with E-state index in [9.17, 15) is 0 Å². The van der Waals surface area contributed by atoms with Crippen molar-refractivity contribution in [3.63, 3.8) is 0 Å². The van der Waals surface area contributed by atoms with E-state index in [4.69, 9.17) is 0 Å². The quantitative estimate of drug-likeness (QED) is 0.262. The van der Waals surface area contributed by atoms with Gasteiger partial charge < -0.3 is 0 Å². The Morgan fingerprint density at radius 1 is 0.677 bits per heavy atom. The van der Waals surface area contributed by atoms with Gasteiger partial charge in [0, 0.05) is 0 Å². The van der Waals surface area contributed by atoms with Gasteiger partial charge in [0.2, 0.25) is 0 Å². The fourth-order valence-electron chi connectivity index (χ4n) is 3.93. The summed E-state index contributed by atoms with van der Waals surface area (Å²) in [5, 5.41) is 2.84. The van der Waals surface area contributed by atoms with Gasteiger partial charge >= 0.3 is 199 Å². The molecular formula is C29H41Fe2. The number of rotatable bonds is 10. The summed E-state index contributed by atoms with van der Waals surface area (Å²) < 4.78 is 6.88. The van der Waals surface area contributed by atoms with Crippen LogP contribution in [0.15, 0.2) is 90.8 Å². The summed E-state index contributed by atoms with van der Waals surface area (Å²) in [7, 11) is 0. The maximum atomic E-state index is 2.56. The van der Waals surface area contributed by atoms with Crippen LogP contribution in [0.5, 0.6) is 0 Å². The molecule has 0 atom stereocenters. The van der Waals surface area contributed by atoms with Crippen molar-refractivity contribution in [2.45, 2.75) is 81.7 Å². The van der Waals surface area contributed by atoms with E-state index in [1.807, 2.05) is 0 Å². The first kappa shape index (κ1) is 24.6. The topological polar surface area (TPSA) is 0 Å². The molecule has 0 spiro atoms. The van der Waals surface area contributed by atoms with Gasteiger partial charge in [0.05, 0.1) is 0 Å². The minimum atomic E-state index is -1.15. The molecular weight excluding hydrogens is 460 g/mol. The van der Waals surface area contributed by atoms with Crippen LogP contribution < -0.4 is 0 Å². The molecule has 0 aromatic heterocycles. The number of hydrogen-bond donors (Lipinski definition) is 0. The Labute approximate surface area is 198 Å². The molecule has 0 amide bonds. The molecule has 0 aromatic rings. The molecule has 0 saturated carbocycles. The monoisotopic (exact) mass is 501 g/mol. The van der Waals surface area contributed by atoms with Crippen LogP contribution in [0.1, 0.15) is 65.2 Å². The Morgan fingerprint density at radius 2 is 1.16 bits per heavy atom. The molecule has 4 aliphatic carbocycles. The molecule has 0 fully saturated rings. The van der Waals surface area contributed by atoms with E-state index in [1.54, 1.807) is 17.9 Å². The summed E-state index contributed by atoms with van der Waals surface area (Å²) >= 11 is -1.31. The number of allylic oxidation sites excluding steroid dienone is 16. The SMILES string of the molecule is CCC[CH2][Fe]([CH3])([C]1=CC=CC1)[C]1=CC=CC1.CCC[CH2][Fe]([C]1=CC=CC1)[C]1=CC=CC1. The summed E-state index contributed by atoms with van der Waals surface area (Å²) in [5.41, 5.74) is 0. The zero-order valence-electron chi connectivity index (χ0n) is 19.7. The van der Waals surface area contributed by atoms with Gasteiger partial charge in [-0.3, -0.25) is 0 Å². The fourth-order valence-corrected chi connectivity index (χ4v) is 12.0. The van der Waals surface area contributed by atoms with Crippen LogP contribution in [-0.2, 0) is 26.7 Å². The normalized spacial score (nSPS) is 19.8. The first-order valence-electron chi connectivity index (χ1n) is 11.8. The van der Waals surface area contributed by atoms with E-state index in [-0.39, 0.29) is 13.9 Å². The summed E-state index contributed by atoms with van der Waals surface area (Å²) in [4.78, 5) is 0. The third-order valence-corrected chi connectivity index (χ3v) is 14.8. The molecule has 0 nitrogen and oxygen atoms in total. The zero-order valence-corrected chi connectivity index (χ0v) is 21.9. The average Bonchev–Trinajstić information content (AvgIpc) is 3.61. The number of unbranched alkanes of at least 4 members (excludes halogenated alkanes) is 2. The molecule has 2 heteroatoms. The zero-order chi connectivity index (χ0) is 21.9. The second-order valence-electron chi connectivity index (χ2n) is 8.26. The van der Waals surface area contributed by atoms with E-state index in [1.165, 1.54) is 62.0 Å². The van der Waals surface area contributed by atoms with Gasteiger partial charge in [-0.25, -0.2) is 0 Å². The fraction of sp³-hybridized carbons (Fsp3) is 0.448. The van der Waals surface area contributed by atoms with Gasteiger partial charge in [-0.05, 0) is 0 Å². The first-order valence-corrected chi connectivity index (χ1v) is 16.7. The molecule has 0 unspecified atom stereocenters. The summed E-state index contributed by atoms with van der Waals surface area (Å²) in [6.45, 7) is 4.59. The van der Waals surface area contributed by atoms with Gasteiger partial charge in [0.25, 0.3) is 0 Å². The second kappa shape index (κ2) is 12.9. The summed E-state index contributed by atoms with van der Waals surface area (Å²) in [6.07, 6.45) is 37.9. The summed E-state index contributed by atoms with van der Waals surface area (Å²) in [6, 6.07) is 0. The Hall–Kier alpha value is -1.04. The Balaban J connectivity index is 0.000000176. The molecule has 173 valence electrons. The van der Waals surface area contributed by atoms with Gasteiger partial charge in [-0.2, -0.15) is 0 Å². The van der Waals surface area contributed by atoms with E-state index in [0.717, 1.165) is 0 Å². The molecule has 0 N–H and O–H groups in total. The van der Waals surface area contributed by atoms with E-state index in [2.05, 4.69) is 92.6 Å². The number of hydrogen-bond acceptors (Lipinski definition) is 0. The Kier molecular flexibility index (Phi) is 10.2. The minimum absolute atomic E-state index is 0.168. The molecule has 0 aromatic carbocycles. The van der Waals surface area contributed by atoms with Crippen molar-refractivity contribution >= 4 is 0 Å². The predicted octanol–water partition coefficient (Wildman–Crippen LogP) is 9.60. The van der Waals surface area contributed by atoms with Crippen LogP contribution >= 0.6 is 0 Å². The van der Waals surface area contributed by atoms with Crippen molar-refractivity contribution in [1.82, 2.24) is 0 Å². The van der Waals surface area contributed by atoms with Gasteiger partial charge in [-0.1, -0.05) is 0 Å². The molecule has 4 aliphatic rings. The van der Waals surface area contributed by atoms with Crippen LogP contribution in [-0.4, -0.2) is 0 Å². The van der Waals surface area contributed by atoms with Crippen molar-refractivity contribution in [1.29, 1.82) is 0 Å². The van der Waals surface area contributed by atoms with Gasteiger partial charge in [-0.15, -0.1) is 0 Å². The maximum absolute atomic E-state index is 2.56. The van der Waals surface area contributed by atoms with Crippen molar-refractivity contribution in [3.05, 3.63) is 90.8 Å². The average molecular weight is 501 g/mol. The van der Waals surface area contributed by atoms with Gasteiger partial charge in [0.15, 0.2) is 0 Å². The third-order valence-electron chi connectivity index (χ3n) is 5.91. The van der Waals surface area contributed by atoms with Crippen LogP contribution in [0.2, 0.25) is 16.5 Å². The van der Waals surface area contributed by atoms with Crippen LogP contribution in [0, 0.1) is 0 Å². The molecule has 0 radical (unpaired) electrons. The van der Waals surface area contributed by atoms with Crippen molar-refractivity contribution in [3.8, 4) is 0 Å². The standard InChI is InChI=1S/4C5H5.2C4H9.CH3.2Fe/c4*1-2-4-5-3-1;2*1-3-4-2;;;/h4*1-3H,4H2;2*1,3-4H2,2H3;1H3;;. The third kappa shape index (κ3) is 6.72. The predicted molar refractivity (Wildman–Crippen MR) is 133 cm³/mol. The first-order chi connectivity index (χ1) is 15.2. The molecule has 0 aliphatic heterocycles. The van der Waals surface area contributed by atoms with E-state index >= 15 is 0 Å². The molecule has 0 bridgehead atoms. The van der Waals surface area contributed by atoms with E-state index in [0.29, 0.717) is 0 Å². The van der Waals surface area contributed by atoms with Crippen molar-refractivity contribution in [2.24, 2.45) is 0 Å². The van der Waals surface area contributed by atoms with Gasteiger partial charge in [0.1, 0.15) is 0 Å². The van der Waals surface area contributed by atoms with E-state index < -0.39 is 12.8 Å². The molecule has 31 heavy (non-hydrogen) atoms. The van der Waals surface area contributed by atoms with Crippen LogP contribution in [0.3, 0.4) is 0 Å². The molecule has 4 rings (SSSR count). The molecule has 0 heterocycles. The van der Waals surface area contributed by atoms with Crippen molar-refractivity contribution in [2.75, 3.05) is 0 Å². The molecule has 0 saturated heterocycles. The Bertz CT molecular complexity index is 782. The van der Waals surface area contributed by atoms with Crippen molar-refractivity contribution < 1.29 is 26.7 Å².